The van der Waals surface area contributed by atoms with E-state index in [9.17, 15) is 4.39 Å². The molecule has 2 fully saturated rings. The molecule has 0 aromatic heterocycles. The van der Waals surface area contributed by atoms with Gasteiger partial charge in [-0.3, -0.25) is 0 Å². The Morgan fingerprint density at radius 3 is 1.88 bits per heavy atom. The predicted molar refractivity (Wildman–Crippen MR) is 101 cm³/mol. The second-order valence-electron chi connectivity index (χ2n) is 8.53. The van der Waals surface area contributed by atoms with Gasteiger partial charge in [0.1, 0.15) is 5.82 Å². The highest BCUT2D eigenvalue weighted by Gasteiger charge is 2.25. The van der Waals surface area contributed by atoms with Crippen LogP contribution in [0.15, 0.2) is 24.3 Å². The first kappa shape index (κ1) is 18.0. The van der Waals surface area contributed by atoms with E-state index in [1.54, 1.807) is 12.1 Å². The fraction of sp³-hybridized carbons (Fsp3) is 0.739. The average molecular weight is 331 g/mol. The first-order chi connectivity index (χ1) is 11.7. The molecule has 2 aliphatic rings. The van der Waals surface area contributed by atoms with Gasteiger partial charge in [0.15, 0.2) is 0 Å². The Labute approximate surface area is 148 Å². The summed E-state index contributed by atoms with van der Waals surface area (Å²) in [5.74, 6) is 3.50. The van der Waals surface area contributed by atoms with Crippen LogP contribution in [-0.2, 0) is 0 Å². The van der Waals surface area contributed by atoms with Crippen LogP contribution >= 0.6 is 0 Å². The molecule has 0 bridgehead atoms. The van der Waals surface area contributed by atoms with Gasteiger partial charge >= 0.3 is 0 Å². The van der Waals surface area contributed by atoms with Gasteiger partial charge in [-0.1, -0.05) is 70.4 Å². The molecule has 1 heteroatoms. The van der Waals surface area contributed by atoms with Crippen molar-refractivity contribution in [2.45, 2.75) is 89.9 Å². The number of rotatable bonds is 6. The minimum Gasteiger partial charge on any atom is -0.207 e. The van der Waals surface area contributed by atoms with Crippen molar-refractivity contribution in [3.8, 4) is 0 Å². The molecular formula is C23H35F. The van der Waals surface area contributed by atoms with E-state index >= 15 is 0 Å². The van der Waals surface area contributed by atoms with Gasteiger partial charge in [0.2, 0.25) is 0 Å². The van der Waals surface area contributed by atoms with E-state index < -0.39 is 0 Å². The summed E-state index contributed by atoms with van der Waals surface area (Å²) in [6, 6.07) is 7.29. The molecular weight excluding hydrogens is 295 g/mol. The maximum absolute atomic E-state index is 13.4. The zero-order valence-electron chi connectivity index (χ0n) is 15.5. The molecule has 1 aromatic rings. The Morgan fingerprint density at radius 2 is 1.33 bits per heavy atom. The van der Waals surface area contributed by atoms with Gasteiger partial charge in [-0.2, -0.15) is 0 Å². The third-order valence-corrected chi connectivity index (χ3v) is 6.81. The van der Waals surface area contributed by atoms with Crippen molar-refractivity contribution in [1.82, 2.24) is 0 Å². The van der Waals surface area contributed by atoms with Crippen LogP contribution in [-0.4, -0.2) is 0 Å². The lowest BCUT2D eigenvalue weighted by Gasteiger charge is -2.32. The molecule has 0 N–H and O–H groups in total. The van der Waals surface area contributed by atoms with Crippen LogP contribution in [0.4, 0.5) is 4.39 Å². The SMILES string of the molecule is CCCC1CCC(CCC2CCC(c3cccc(F)c3)CC2)CC1. The van der Waals surface area contributed by atoms with E-state index in [-0.39, 0.29) is 5.82 Å². The van der Waals surface area contributed by atoms with E-state index in [1.165, 1.54) is 82.6 Å². The van der Waals surface area contributed by atoms with Crippen LogP contribution in [0.5, 0.6) is 0 Å². The standard InChI is InChI=1S/C23H35F/c1-2-4-18-7-9-19(10-8-18)11-12-20-13-15-21(16-14-20)22-5-3-6-23(24)17-22/h3,5-6,17-21H,2,4,7-16H2,1H3. The van der Waals surface area contributed by atoms with Gasteiger partial charge < -0.3 is 0 Å². The molecule has 134 valence electrons. The molecule has 0 radical (unpaired) electrons. The number of benzene rings is 1. The summed E-state index contributed by atoms with van der Waals surface area (Å²) in [7, 11) is 0. The Bertz CT molecular complexity index is 479. The molecule has 0 atom stereocenters. The summed E-state index contributed by atoms with van der Waals surface area (Å²) in [5, 5.41) is 0. The first-order valence-electron chi connectivity index (χ1n) is 10.5. The Balaban J connectivity index is 1.36. The summed E-state index contributed by atoms with van der Waals surface area (Å²) >= 11 is 0. The van der Waals surface area contributed by atoms with Crippen LogP contribution < -0.4 is 0 Å². The van der Waals surface area contributed by atoms with Gasteiger partial charge in [-0.25, -0.2) is 4.39 Å². The maximum Gasteiger partial charge on any atom is 0.123 e. The van der Waals surface area contributed by atoms with Crippen LogP contribution in [0.2, 0.25) is 0 Å². The van der Waals surface area contributed by atoms with Crippen molar-refractivity contribution in [2.24, 2.45) is 17.8 Å². The minimum atomic E-state index is -0.0756. The molecule has 0 spiro atoms. The zero-order chi connectivity index (χ0) is 16.8. The number of halogens is 1. The zero-order valence-corrected chi connectivity index (χ0v) is 15.5. The van der Waals surface area contributed by atoms with Crippen molar-refractivity contribution in [3.63, 3.8) is 0 Å². The highest BCUT2D eigenvalue weighted by molar-refractivity contribution is 5.21. The fourth-order valence-corrected chi connectivity index (χ4v) is 5.23. The summed E-state index contributed by atoms with van der Waals surface area (Å²) < 4.78 is 13.4. The van der Waals surface area contributed by atoms with Crippen molar-refractivity contribution >= 4 is 0 Å². The molecule has 2 aliphatic carbocycles. The third kappa shape index (κ3) is 5.07. The van der Waals surface area contributed by atoms with Gasteiger partial charge in [-0.05, 0) is 67.1 Å². The van der Waals surface area contributed by atoms with Crippen molar-refractivity contribution in [2.75, 3.05) is 0 Å². The van der Waals surface area contributed by atoms with Gasteiger partial charge in [0, 0.05) is 0 Å². The second-order valence-corrected chi connectivity index (χ2v) is 8.53. The summed E-state index contributed by atoms with van der Waals surface area (Å²) in [6.45, 7) is 2.33. The van der Waals surface area contributed by atoms with Gasteiger partial charge in [-0.15, -0.1) is 0 Å². The highest BCUT2D eigenvalue weighted by atomic mass is 19.1. The van der Waals surface area contributed by atoms with Gasteiger partial charge in [0.05, 0.1) is 0 Å². The van der Waals surface area contributed by atoms with E-state index in [1.807, 2.05) is 6.07 Å². The van der Waals surface area contributed by atoms with Crippen molar-refractivity contribution in [3.05, 3.63) is 35.6 Å². The Kier molecular flexibility index (Phi) is 6.75. The first-order valence-corrected chi connectivity index (χ1v) is 10.5. The molecule has 2 saturated carbocycles. The molecule has 0 heterocycles. The van der Waals surface area contributed by atoms with Crippen molar-refractivity contribution < 1.29 is 4.39 Å². The highest BCUT2D eigenvalue weighted by Crippen LogP contribution is 2.40. The topological polar surface area (TPSA) is 0 Å². The van der Waals surface area contributed by atoms with Crippen LogP contribution in [0.1, 0.15) is 95.5 Å². The lowest BCUT2D eigenvalue weighted by Crippen LogP contribution is -2.17. The monoisotopic (exact) mass is 330 g/mol. The van der Waals surface area contributed by atoms with Crippen LogP contribution in [0.3, 0.4) is 0 Å². The quantitative estimate of drug-likeness (QED) is 0.507. The minimum absolute atomic E-state index is 0.0756. The van der Waals surface area contributed by atoms with E-state index in [0.717, 1.165) is 17.8 Å². The van der Waals surface area contributed by atoms with Crippen LogP contribution in [0, 0.1) is 23.6 Å². The lowest BCUT2D eigenvalue weighted by molar-refractivity contribution is 0.224. The smallest absolute Gasteiger partial charge is 0.123 e. The Morgan fingerprint density at radius 1 is 0.792 bits per heavy atom. The van der Waals surface area contributed by atoms with Crippen molar-refractivity contribution in [1.29, 1.82) is 0 Å². The van der Waals surface area contributed by atoms with E-state index in [4.69, 9.17) is 0 Å². The number of hydrogen-bond acceptors (Lipinski definition) is 0. The van der Waals surface area contributed by atoms with E-state index in [0.29, 0.717) is 5.92 Å². The second kappa shape index (κ2) is 9.02. The maximum atomic E-state index is 13.4. The molecule has 1 aromatic carbocycles. The molecule has 0 amide bonds. The predicted octanol–water partition coefficient (Wildman–Crippen LogP) is 7.49. The lowest BCUT2D eigenvalue weighted by atomic mass is 9.74. The molecule has 0 unspecified atom stereocenters. The molecule has 3 rings (SSSR count). The normalized spacial score (nSPS) is 31.1. The molecule has 0 saturated heterocycles. The number of hydrogen-bond donors (Lipinski definition) is 0. The summed E-state index contributed by atoms with van der Waals surface area (Å²) in [4.78, 5) is 0. The van der Waals surface area contributed by atoms with E-state index in [2.05, 4.69) is 13.0 Å². The van der Waals surface area contributed by atoms with Gasteiger partial charge in [0.25, 0.3) is 0 Å². The summed E-state index contributed by atoms with van der Waals surface area (Å²) in [5.41, 5.74) is 1.22. The summed E-state index contributed by atoms with van der Waals surface area (Å²) in [6.07, 6.45) is 16.9. The largest absolute Gasteiger partial charge is 0.207 e. The van der Waals surface area contributed by atoms with Crippen LogP contribution in [0.25, 0.3) is 0 Å². The molecule has 0 aliphatic heterocycles. The molecule has 24 heavy (non-hydrogen) atoms. The molecule has 0 nitrogen and oxygen atoms in total. The fourth-order valence-electron chi connectivity index (χ4n) is 5.23. The average Bonchev–Trinajstić information content (AvgIpc) is 2.62. The third-order valence-electron chi connectivity index (χ3n) is 6.81. The Hall–Kier alpha value is -0.850.